The molecule has 6 heteroatoms. The lowest BCUT2D eigenvalue weighted by molar-refractivity contribution is -0.142. The third kappa shape index (κ3) is 2.61. The second kappa shape index (κ2) is 5.83. The van der Waals surface area contributed by atoms with Crippen LogP contribution in [0.2, 0.25) is 0 Å². The zero-order chi connectivity index (χ0) is 15.0. The van der Waals surface area contributed by atoms with Crippen LogP contribution in [0, 0.1) is 11.8 Å². The molecular weight excluding hydrogens is 272 g/mol. The van der Waals surface area contributed by atoms with E-state index in [0.29, 0.717) is 25.7 Å². The molecule has 0 aromatic heterocycles. The average molecular weight is 296 g/mol. The van der Waals surface area contributed by atoms with Crippen LogP contribution >= 0.6 is 0 Å². The van der Waals surface area contributed by atoms with E-state index in [0.717, 1.165) is 32.1 Å². The Morgan fingerprint density at radius 1 is 1.19 bits per heavy atom. The molecule has 2 aliphatic heterocycles. The van der Waals surface area contributed by atoms with Crippen LogP contribution in [0.1, 0.15) is 32.1 Å². The number of carbonyl (C=O) groups is 2. The van der Waals surface area contributed by atoms with Crippen molar-refractivity contribution in [3.8, 4) is 0 Å². The highest BCUT2D eigenvalue weighted by Gasteiger charge is 2.50. The first-order chi connectivity index (χ1) is 10.1. The number of hydrogen-bond acceptors (Lipinski definition) is 3. The molecule has 2 saturated heterocycles. The summed E-state index contributed by atoms with van der Waals surface area (Å²) < 4.78 is 5.33. The van der Waals surface area contributed by atoms with Gasteiger partial charge in [-0.25, -0.2) is 9.59 Å². The molecule has 1 aliphatic carbocycles. The van der Waals surface area contributed by atoms with Crippen LogP contribution in [-0.2, 0) is 9.53 Å². The number of hydrogen-bond donors (Lipinski definition) is 1. The van der Waals surface area contributed by atoms with Crippen molar-refractivity contribution in [1.82, 2.24) is 9.80 Å². The Morgan fingerprint density at radius 2 is 1.90 bits per heavy atom. The predicted octanol–water partition coefficient (Wildman–Crippen LogP) is 1.40. The number of rotatable bonds is 2. The third-order valence-electron chi connectivity index (χ3n) is 5.43. The summed E-state index contributed by atoms with van der Waals surface area (Å²) in [6, 6.07) is -0.586. The van der Waals surface area contributed by atoms with E-state index in [9.17, 15) is 14.7 Å². The van der Waals surface area contributed by atoms with Crippen molar-refractivity contribution in [2.24, 2.45) is 11.8 Å². The molecule has 3 rings (SSSR count). The van der Waals surface area contributed by atoms with Crippen molar-refractivity contribution in [3.05, 3.63) is 0 Å². The molecule has 0 aromatic carbocycles. The smallest absolute Gasteiger partial charge is 0.326 e. The average Bonchev–Trinajstić information content (AvgIpc) is 3.06. The number of carbonyl (C=O) groups excluding carboxylic acids is 1. The molecule has 0 aromatic rings. The zero-order valence-electron chi connectivity index (χ0n) is 12.5. The highest BCUT2D eigenvalue weighted by molar-refractivity contribution is 5.84. The summed E-state index contributed by atoms with van der Waals surface area (Å²) in [6.07, 6.45) is 4.75. The summed E-state index contributed by atoms with van der Waals surface area (Å²) in [7, 11) is 1.80. The monoisotopic (exact) mass is 296 g/mol. The minimum absolute atomic E-state index is 0.122. The Morgan fingerprint density at radius 3 is 2.57 bits per heavy atom. The lowest BCUT2D eigenvalue weighted by Crippen LogP contribution is -2.52. The standard InChI is InChI=1S/C15H24N2O4/c1-16(11-5-7-21-8-6-11)15(20)17-9-10-3-2-4-12(10)13(17)14(18)19/h10-13H,2-9H2,1H3,(H,18,19). The Labute approximate surface area is 125 Å². The van der Waals surface area contributed by atoms with Gasteiger partial charge in [0.2, 0.25) is 0 Å². The first-order valence-electron chi connectivity index (χ1n) is 7.93. The molecule has 0 radical (unpaired) electrons. The van der Waals surface area contributed by atoms with E-state index in [4.69, 9.17) is 4.74 Å². The van der Waals surface area contributed by atoms with Crippen LogP contribution in [0.3, 0.4) is 0 Å². The number of aliphatic carboxylic acids is 1. The maximum Gasteiger partial charge on any atom is 0.326 e. The van der Waals surface area contributed by atoms with Gasteiger partial charge in [-0.15, -0.1) is 0 Å². The van der Waals surface area contributed by atoms with Crippen molar-refractivity contribution < 1.29 is 19.4 Å². The van der Waals surface area contributed by atoms with Crippen LogP contribution in [0.5, 0.6) is 0 Å². The number of amides is 2. The Balaban J connectivity index is 1.72. The minimum Gasteiger partial charge on any atom is -0.480 e. The van der Waals surface area contributed by atoms with Gasteiger partial charge in [-0.3, -0.25) is 0 Å². The molecule has 3 atom stereocenters. The fourth-order valence-electron chi connectivity index (χ4n) is 4.25. The molecule has 3 unspecified atom stereocenters. The van der Waals surface area contributed by atoms with Gasteiger partial charge in [0.15, 0.2) is 0 Å². The molecule has 2 heterocycles. The molecule has 1 N–H and O–H groups in total. The van der Waals surface area contributed by atoms with Crippen LogP contribution in [0.4, 0.5) is 4.79 Å². The summed E-state index contributed by atoms with van der Waals surface area (Å²) in [5.74, 6) is -0.328. The van der Waals surface area contributed by atoms with Crippen LogP contribution in [0.25, 0.3) is 0 Å². The topological polar surface area (TPSA) is 70.1 Å². The van der Waals surface area contributed by atoms with Crippen molar-refractivity contribution in [2.45, 2.75) is 44.2 Å². The molecule has 2 amide bonds. The van der Waals surface area contributed by atoms with Gasteiger partial charge in [-0.05, 0) is 37.5 Å². The minimum atomic E-state index is -0.849. The van der Waals surface area contributed by atoms with Crippen LogP contribution < -0.4 is 0 Å². The highest BCUT2D eigenvalue weighted by atomic mass is 16.5. The molecule has 6 nitrogen and oxygen atoms in total. The number of carboxylic acid groups (broad SMARTS) is 1. The molecule has 118 valence electrons. The molecule has 3 aliphatic rings. The maximum atomic E-state index is 12.7. The van der Waals surface area contributed by atoms with Crippen molar-refractivity contribution in [1.29, 1.82) is 0 Å². The Hall–Kier alpha value is -1.30. The van der Waals surface area contributed by atoms with E-state index in [1.165, 1.54) is 0 Å². The van der Waals surface area contributed by atoms with Crippen LogP contribution in [-0.4, -0.2) is 65.8 Å². The summed E-state index contributed by atoms with van der Waals surface area (Å²) in [4.78, 5) is 27.7. The van der Waals surface area contributed by atoms with E-state index >= 15 is 0 Å². The SMILES string of the molecule is CN(C(=O)N1CC2CCCC2C1C(=O)O)C1CCOCC1. The van der Waals surface area contributed by atoms with Gasteiger partial charge < -0.3 is 19.6 Å². The van der Waals surface area contributed by atoms with Gasteiger partial charge in [-0.2, -0.15) is 0 Å². The number of carboxylic acids is 1. The maximum absolute atomic E-state index is 12.7. The number of ether oxygens (including phenoxy) is 1. The van der Waals surface area contributed by atoms with E-state index in [1.807, 2.05) is 0 Å². The number of nitrogens with zero attached hydrogens (tertiary/aromatic N) is 2. The summed E-state index contributed by atoms with van der Waals surface area (Å²) in [5, 5.41) is 9.54. The second-order valence-corrected chi connectivity index (χ2v) is 6.53. The first kappa shape index (κ1) is 14.6. The zero-order valence-corrected chi connectivity index (χ0v) is 12.5. The van der Waals surface area contributed by atoms with Crippen molar-refractivity contribution in [2.75, 3.05) is 26.8 Å². The fraction of sp³-hybridized carbons (Fsp3) is 0.867. The number of likely N-dealkylation sites (tertiary alicyclic amines) is 1. The van der Waals surface area contributed by atoms with Crippen molar-refractivity contribution >= 4 is 12.0 Å². The quantitative estimate of drug-likeness (QED) is 0.836. The Kier molecular flexibility index (Phi) is 4.06. The van der Waals surface area contributed by atoms with E-state index in [2.05, 4.69) is 0 Å². The van der Waals surface area contributed by atoms with Gasteiger partial charge in [0.05, 0.1) is 0 Å². The first-order valence-corrected chi connectivity index (χ1v) is 7.93. The van der Waals surface area contributed by atoms with Gasteiger partial charge in [0.25, 0.3) is 0 Å². The van der Waals surface area contributed by atoms with Crippen molar-refractivity contribution in [3.63, 3.8) is 0 Å². The van der Waals surface area contributed by atoms with E-state index in [-0.39, 0.29) is 18.0 Å². The predicted molar refractivity (Wildman–Crippen MR) is 76.0 cm³/mol. The third-order valence-corrected chi connectivity index (χ3v) is 5.43. The number of urea groups is 1. The van der Waals surface area contributed by atoms with Gasteiger partial charge in [0.1, 0.15) is 6.04 Å². The molecule has 21 heavy (non-hydrogen) atoms. The van der Waals surface area contributed by atoms with Gasteiger partial charge in [-0.1, -0.05) is 6.42 Å². The molecule has 0 bridgehead atoms. The summed E-state index contributed by atoms with van der Waals surface area (Å²) in [6.45, 7) is 1.96. The van der Waals surface area contributed by atoms with Gasteiger partial charge in [0, 0.05) is 32.8 Å². The van der Waals surface area contributed by atoms with E-state index in [1.54, 1.807) is 16.8 Å². The summed E-state index contributed by atoms with van der Waals surface area (Å²) in [5.41, 5.74) is 0. The van der Waals surface area contributed by atoms with Crippen LogP contribution in [0.15, 0.2) is 0 Å². The molecule has 1 saturated carbocycles. The second-order valence-electron chi connectivity index (χ2n) is 6.53. The largest absolute Gasteiger partial charge is 0.480 e. The fourth-order valence-corrected chi connectivity index (χ4v) is 4.25. The summed E-state index contributed by atoms with van der Waals surface area (Å²) >= 11 is 0. The van der Waals surface area contributed by atoms with E-state index < -0.39 is 12.0 Å². The normalized spacial score (nSPS) is 33.0. The Bertz CT molecular complexity index is 422. The molecule has 3 fully saturated rings. The molecular formula is C15H24N2O4. The molecule has 0 spiro atoms. The number of fused-ring (bicyclic) bond motifs is 1. The lowest BCUT2D eigenvalue weighted by Gasteiger charge is -2.35. The lowest BCUT2D eigenvalue weighted by atomic mass is 9.94. The van der Waals surface area contributed by atoms with Gasteiger partial charge >= 0.3 is 12.0 Å². The highest BCUT2D eigenvalue weighted by Crippen LogP contribution is 2.42.